The molecule has 4 heteroatoms. The Morgan fingerprint density at radius 2 is 2.18 bits per heavy atom. The van der Waals surface area contributed by atoms with Crippen LogP contribution in [0.25, 0.3) is 0 Å². The maximum atomic E-state index is 13.0. The van der Waals surface area contributed by atoms with Crippen molar-refractivity contribution in [1.82, 2.24) is 5.16 Å². The van der Waals surface area contributed by atoms with Gasteiger partial charge in [0.2, 0.25) is 0 Å². The highest BCUT2D eigenvalue weighted by Crippen LogP contribution is 2.32. The lowest BCUT2D eigenvalue weighted by atomic mass is 9.88. The van der Waals surface area contributed by atoms with Gasteiger partial charge in [-0.1, -0.05) is 30.3 Å². The predicted octanol–water partition coefficient (Wildman–Crippen LogP) is 3.39. The Kier molecular flexibility index (Phi) is 3.25. The fourth-order valence-corrected chi connectivity index (χ4v) is 3.62. The molecule has 0 saturated carbocycles. The third kappa shape index (κ3) is 2.14. The van der Waals surface area contributed by atoms with Crippen LogP contribution in [0.2, 0.25) is 0 Å². The summed E-state index contributed by atoms with van der Waals surface area (Å²) < 4.78 is 5.44. The van der Waals surface area contributed by atoms with E-state index in [1.165, 1.54) is 5.56 Å². The zero-order chi connectivity index (χ0) is 15.1. The Hall–Kier alpha value is -2.10. The first-order valence-electron chi connectivity index (χ1n) is 8.11. The summed E-state index contributed by atoms with van der Waals surface area (Å²) in [6.07, 6.45) is 4.94. The van der Waals surface area contributed by atoms with Gasteiger partial charge in [0.1, 0.15) is 5.76 Å². The van der Waals surface area contributed by atoms with Crippen LogP contribution >= 0.6 is 0 Å². The second-order valence-corrected chi connectivity index (χ2v) is 6.47. The van der Waals surface area contributed by atoms with E-state index in [-0.39, 0.29) is 5.91 Å². The smallest absolute Gasteiger partial charge is 0.280 e. The number of para-hydroxylation sites is 1. The molecule has 114 valence electrons. The largest absolute Gasteiger partial charge is 0.360 e. The van der Waals surface area contributed by atoms with Crippen molar-refractivity contribution in [2.24, 2.45) is 5.92 Å². The molecule has 0 saturated heterocycles. The lowest BCUT2D eigenvalue weighted by Gasteiger charge is -2.29. The van der Waals surface area contributed by atoms with Gasteiger partial charge < -0.3 is 9.42 Å². The van der Waals surface area contributed by atoms with Gasteiger partial charge in [-0.05, 0) is 43.2 Å². The normalized spacial score (nSPS) is 20.4. The molecule has 4 nitrogen and oxygen atoms in total. The molecule has 2 aliphatic rings. The van der Waals surface area contributed by atoms with E-state index in [0.29, 0.717) is 11.6 Å². The molecule has 0 spiro atoms. The maximum Gasteiger partial charge on any atom is 0.280 e. The van der Waals surface area contributed by atoms with Crippen LogP contribution in [0.1, 0.15) is 47.1 Å². The minimum Gasteiger partial charge on any atom is -0.360 e. The summed E-state index contributed by atoms with van der Waals surface area (Å²) in [5.41, 5.74) is 3.83. The number of benzene rings is 1. The Balaban J connectivity index is 1.70. The first kappa shape index (κ1) is 13.6. The SMILES string of the molecule is C[C@@H]1CCc2onc(C(=O)N3CCCc4ccccc43)c2C1. The van der Waals surface area contributed by atoms with Crippen LogP contribution in [0.4, 0.5) is 5.69 Å². The summed E-state index contributed by atoms with van der Waals surface area (Å²) >= 11 is 0. The number of anilines is 1. The molecule has 1 aliphatic carbocycles. The quantitative estimate of drug-likeness (QED) is 0.810. The molecule has 1 aromatic carbocycles. The van der Waals surface area contributed by atoms with Crippen LogP contribution < -0.4 is 4.90 Å². The second kappa shape index (κ2) is 5.27. The van der Waals surface area contributed by atoms with Crippen LogP contribution in [0, 0.1) is 5.92 Å². The molecular weight excluding hydrogens is 276 g/mol. The number of aryl methyl sites for hydroxylation is 2. The van der Waals surface area contributed by atoms with E-state index in [4.69, 9.17) is 4.52 Å². The molecule has 0 N–H and O–H groups in total. The highest BCUT2D eigenvalue weighted by molar-refractivity contribution is 6.06. The van der Waals surface area contributed by atoms with E-state index in [0.717, 1.165) is 55.7 Å². The van der Waals surface area contributed by atoms with Gasteiger partial charge in [-0.15, -0.1) is 0 Å². The Bertz CT molecular complexity index is 720. The van der Waals surface area contributed by atoms with Gasteiger partial charge in [-0.25, -0.2) is 0 Å². The summed E-state index contributed by atoms with van der Waals surface area (Å²) in [5, 5.41) is 4.11. The van der Waals surface area contributed by atoms with Gasteiger partial charge in [0.25, 0.3) is 5.91 Å². The third-order valence-corrected chi connectivity index (χ3v) is 4.84. The van der Waals surface area contributed by atoms with Gasteiger partial charge >= 0.3 is 0 Å². The number of carbonyl (C=O) groups is 1. The van der Waals surface area contributed by atoms with Crippen LogP contribution in [0.5, 0.6) is 0 Å². The fourth-order valence-electron chi connectivity index (χ4n) is 3.62. The van der Waals surface area contributed by atoms with Crippen molar-refractivity contribution in [2.45, 2.75) is 39.0 Å². The zero-order valence-corrected chi connectivity index (χ0v) is 12.8. The molecule has 1 amide bonds. The second-order valence-electron chi connectivity index (χ2n) is 6.47. The van der Waals surface area contributed by atoms with Crippen molar-refractivity contribution in [2.75, 3.05) is 11.4 Å². The van der Waals surface area contributed by atoms with Gasteiger partial charge in [-0.3, -0.25) is 4.79 Å². The molecule has 4 rings (SSSR count). The monoisotopic (exact) mass is 296 g/mol. The molecule has 1 aromatic heterocycles. The molecule has 2 heterocycles. The third-order valence-electron chi connectivity index (χ3n) is 4.84. The van der Waals surface area contributed by atoms with E-state index in [9.17, 15) is 4.79 Å². The lowest BCUT2D eigenvalue weighted by molar-refractivity contribution is 0.0975. The van der Waals surface area contributed by atoms with E-state index in [2.05, 4.69) is 18.1 Å². The number of carbonyl (C=O) groups excluding carboxylic acids is 1. The highest BCUT2D eigenvalue weighted by atomic mass is 16.5. The molecule has 0 fully saturated rings. The van der Waals surface area contributed by atoms with Crippen molar-refractivity contribution in [1.29, 1.82) is 0 Å². The van der Waals surface area contributed by atoms with Gasteiger partial charge in [0.05, 0.1) is 0 Å². The van der Waals surface area contributed by atoms with Crippen molar-refractivity contribution < 1.29 is 9.32 Å². The summed E-state index contributed by atoms with van der Waals surface area (Å²) in [7, 11) is 0. The first-order chi connectivity index (χ1) is 10.7. The molecule has 0 unspecified atom stereocenters. The van der Waals surface area contributed by atoms with Crippen LogP contribution in [0.15, 0.2) is 28.8 Å². The van der Waals surface area contributed by atoms with Crippen molar-refractivity contribution in [3.05, 3.63) is 46.8 Å². The Morgan fingerprint density at radius 3 is 3.09 bits per heavy atom. The van der Waals surface area contributed by atoms with Crippen molar-refractivity contribution in [3.63, 3.8) is 0 Å². The van der Waals surface area contributed by atoms with Crippen molar-refractivity contribution >= 4 is 11.6 Å². The van der Waals surface area contributed by atoms with E-state index < -0.39 is 0 Å². The van der Waals surface area contributed by atoms with Crippen LogP contribution in [0.3, 0.4) is 0 Å². The predicted molar refractivity (Wildman–Crippen MR) is 84.1 cm³/mol. The molecule has 1 atom stereocenters. The topological polar surface area (TPSA) is 46.3 Å². The Labute approximate surface area is 130 Å². The molecule has 0 bridgehead atoms. The van der Waals surface area contributed by atoms with Gasteiger partial charge in [0, 0.05) is 24.2 Å². The molecule has 0 radical (unpaired) electrons. The molecule has 22 heavy (non-hydrogen) atoms. The summed E-state index contributed by atoms with van der Waals surface area (Å²) in [4.78, 5) is 14.9. The lowest BCUT2D eigenvalue weighted by Crippen LogP contribution is -2.36. The van der Waals surface area contributed by atoms with E-state index >= 15 is 0 Å². The number of rotatable bonds is 1. The number of fused-ring (bicyclic) bond motifs is 2. The minimum atomic E-state index is -0.00810. The van der Waals surface area contributed by atoms with E-state index in [1.807, 2.05) is 23.1 Å². The maximum absolute atomic E-state index is 13.0. The average Bonchev–Trinajstić information content (AvgIpc) is 2.96. The van der Waals surface area contributed by atoms with Crippen LogP contribution in [-0.4, -0.2) is 17.6 Å². The highest BCUT2D eigenvalue weighted by Gasteiger charge is 2.31. The fraction of sp³-hybridized carbons (Fsp3) is 0.444. The minimum absolute atomic E-state index is 0.00810. The van der Waals surface area contributed by atoms with E-state index in [1.54, 1.807) is 0 Å². The molecule has 2 aromatic rings. The van der Waals surface area contributed by atoms with Crippen molar-refractivity contribution in [3.8, 4) is 0 Å². The zero-order valence-electron chi connectivity index (χ0n) is 12.8. The van der Waals surface area contributed by atoms with Gasteiger partial charge in [-0.2, -0.15) is 0 Å². The number of nitrogens with zero attached hydrogens (tertiary/aromatic N) is 2. The van der Waals surface area contributed by atoms with Gasteiger partial charge in [0.15, 0.2) is 5.69 Å². The average molecular weight is 296 g/mol. The molecular formula is C18H20N2O2. The Morgan fingerprint density at radius 1 is 1.32 bits per heavy atom. The number of aromatic nitrogens is 1. The van der Waals surface area contributed by atoms with Crippen LogP contribution in [-0.2, 0) is 19.3 Å². The number of hydrogen-bond donors (Lipinski definition) is 0. The number of hydrogen-bond acceptors (Lipinski definition) is 3. The standard InChI is InChI=1S/C18H20N2O2/c1-12-8-9-16-14(11-12)17(19-22-16)18(21)20-10-4-6-13-5-2-3-7-15(13)20/h2-3,5,7,12H,4,6,8-11H2,1H3/t12-/m1/s1. The first-order valence-corrected chi connectivity index (χ1v) is 8.11. The summed E-state index contributed by atoms with van der Waals surface area (Å²) in [6.45, 7) is 2.98. The number of amides is 1. The summed E-state index contributed by atoms with van der Waals surface area (Å²) in [5.74, 6) is 1.49. The molecule has 1 aliphatic heterocycles. The summed E-state index contributed by atoms with van der Waals surface area (Å²) in [6, 6.07) is 8.16.